The summed E-state index contributed by atoms with van der Waals surface area (Å²) in [5, 5.41) is 11.4. The molecule has 0 saturated carbocycles. The lowest BCUT2D eigenvalue weighted by Crippen LogP contribution is -2.46. The third kappa shape index (κ3) is 4.55. The van der Waals surface area contributed by atoms with Gasteiger partial charge in [0.2, 0.25) is 0 Å². The lowest BCUT2D eigenvalue weighted by molar-refractivity contribution is -0.139. The van der Waals surface area contributed by atoms with E-state index < -0.39 is 18.0 Å². The van der Waals surface area contributed by atoms with Crippen LogP contribution in [0, 0.1) is 0 Å². The van der Waals surface area contributed by atoms with Crippen molar-refractivity contribution in [2.75, 3.05) is 7.05 Å². The highest BCUT2D eigenvalue weighted by atomic mass is 79.9. The highest BCUT2D eigenvalue weighted by Gasteiger charge is 2.19. The van der Waals surface area contributed by atoms with Gasteiger partial charge in [-0.2, -0.15) is 0 Å². The molecule has 0 aliphatic heterocycles. The summed E-state index contributed by atoms with van der Waals surface area (Å²) in [6.07, 6.45) is 0.351. The normalized spacial score (nSPS) is 11.7. The smallest absolute Gasteiger partial charge is 0.326 e. The van der Waals surface area contributed by atoms with E-state index in [0.717, 1.165) is 10.0 Å². The number of carbonyl (C=O) groups excluding carboxylic acids is 1. The minimum absolute atomic E-state index is 0.351. The van der Waals surface area contributed by atoms with E-state index >= 15 is 0 Å². The van der Waals surface area contributed by atoms with Crippen LogP contribution in [0.25, 0.3) is 0 Å². The number of amides is 2. The minimum Gasteiger partial charge on any atom is -0.480 e. The summed E-state index contributed by atoms with van der Waals surface area (Å²) in [7, 11) is 1.63. The van der Waals surface area contributed by atoms with Gasteiger partial charge >= 0.3 is 12.0 Å². The molecule has 1 atom stereocenters. The monoisotopic (exact) mass is 328 g/mol. The minimum atomic E-state index is -1.02. The fourth-order valence-corrected chi connectivity index (χ4v) is 1.96. The van der Waals surface area contributed by atoms with Crippen LogP contribution in [0.3, 0.4) is 0 Å². The van der Waals surface area contributed by atoms with Crippen LogP contribution >= 0.6 is 15.9 Å². The average Bonchev–Trinajstić information content (AvgIpc) is 2.37. The summed E-state index contributed by atoms with van der Waals surface area (Å²) in [5.41, 5.74) is 0.962. The maximum absolute atomic E-state index is 11.9. The number of aliphatic carboxylic acids is 1. The standard InChI is InChI=1S/C13H17BrN2O3/c1-3-11(12(17)18)15-13(19)16(2)8-9-6-4-5-7-10(9)14/h4-7,11H,3,8H2,1-2H3,(H,15,19)(H,17,18)/t11-/m0/s1. The molecule has 0 heterocycles. The van der Waals surface area contributed by atoms with Crippen LogP contribution in [0.15, 0.2) is 28.7 Å². The Morgan fingerprint density at radius 1 is 1.42 bits per heavy atom. The molecular formula is C13H17BrN2O3. The van der Waals surface area contributed by atoms with Gasteiger partial charge in [-0.1, -0.05) is 41.1 Å². The number of hydrogen-bond donors (Lipinski definition) is 2. The summed E-state index contributed by atoms with van der Waals surface area (Å²) in [6.45, 7) is 2.12. The molecule has 104 valence electrons. The van der Waals surface area contributed by atoms with Crippen molar-refractivity contribution in [1.29, 1.82) is 0 Å². The molecule has 0 aromatic heterocycles. The molecule has 2 amide bonds. The second-order valence-electron chi connectivity index (χ2n) is 4.20. The largest absolute Gasteiger partial charge is 0.480 e. The Kier molecular flexibility index (Phi) is 5.82. The molecule has 1 rings (SSSR count). The molecule has 0 unspecified atom stereocenters. The van der Waals surface area contributed by atoms with Crippen molar-refractivity contribution in [2.24, 2.45) is 0 Å². The van der Waals surface area contributed by atoms with Gasteiger partial charge in [-0.05, 0) is 18.1 Å². The third-order valence-electron chi connectivity index (χ3n) is 2.72. The highest BCUT2D eigenvalue weighted by molar-refractivity contribution is 9.10. The summed E-state index contributed by atoms with van der Waals surface area (Å²) < 4.78 is 0.917. The zero-order valence-electron chi connectivity index (χ0n) is 10.9. The van der Waals surface area contributed by atoms with Crippen LogP contribution in [0.4, 0.5) is 4.79 Å². The summed E-state index contributed by atoms with van der Waals surface area (Å²) in [5.74, 6) is -1.02. The number of urea groups is 1. The molecule has 6 heteroatoms. The maximum Gasteiger partial charge on any atom is 0.326 e. The van der Waals surface area contributed by atoms with Crippen LogP contribution < -0.4 is 5.32 Å². The SMILES string of the molecule is CC[C@H](NC(=O)N(C)Cc1ccccc1Br)C(=O)O. The van der Waals surface area contributed by atoms with Crippen LogP contribution in [0.5, 0.6) is 0 Å². The van der Waals surface area contributed by atoms with Crippen LogP contribution in [0.1, 0.15) is 18.9 Å². The number of nitrogens with zero attached hydrogens (tertiary/aromatic N) is 1. The Hall–Kier alpha value is -1.56. The van der Waals surface area contributed by atoms with E-state index in [4.69, 9.17) is 5.11 Å². The number of halogens is 1. The summed E-state index contributed by atoms with van der Waals surface area (Å²) >= 11 is 3.41. The van der Waals surface area contributed by atoms with Crippen LogP contribution in [-0.4, -0.2) is 35.1 Å². The van der Waals surface area contributed by atoms with Gasteiger partial charge in [0, 0.05) is 18.1 Å². The van der Waals surface area contributed by atoms with Gasteiger partial charge in [-0.15, -0.1) is 0 Å². The first-order chi connectivity index (χ1) is 8.95. The van der Waals surface area contributed by atoms with E-state index in [2.05, 4.69) is 21.2 Å². The Bertz CT molecular complexity index is 465. The lowest BCUT2D eigenvalue weighted by Gasteiger charge is -2.21. The first kappa shape index (κ1) is 15.5. The van der Waals surface area contributed by atoms with Crippen molar-refractivity contribution in [1.82, 2.24) is 10.2 Å². The first-order valence-electron chi connectivity index (χ1n) is 5.93. The summed E-state index contributed by atoms with van der Waals surface area (Å²) in [4.78, 5) is 24.2. The molecule has 0 fully saturated rings. The summed E-state index contributed by atoms with van der Waals surface area (Å²) in [6, 6.07) is 6.33. The molecule has 19 heavy (non-hydrogen) atoms. The van der Waals surface area contributed by atoms with Gasteiger partial charge in [0.25, 0.3) is 0 Å². The molecule has 0 saturated heterocycles. The lowest BCUT2D eigenvalue weighted by atomic mass is 10.2. The zero-order valence-corrected chi connectivity index (χ0v) is 12.5. The second-order valence-corrected chi connectivity index (χ2v) is 5.05. The number of carboxylic acids is 1. The van der Waals surface area contributed by atoms with Gasteiger partial charge < -0.3 is 15.3 Å². The van der Waals surface area contributed by atoms with Crippen LogP contribution in [0.2, 0.25) is 0 Å². The molecule has 1 aromatic carbocycles. The second kappa shape index (κ2) is 7.13. The van der Waals surface area contributed by atoms with Gasteiger partial charge in [-0.3, -0.25) is 0 Å². The van der Waals surface area contributed by atoms with Crippen molar-refractivity contribution in [3.05, 3.63) is 34.3 Å². The van der Waals surface area contributed by atoms with E-state index in [1.807, 2.05) is 24.3 Å². The Morgan fingerprint density at radius 3 is 2.58 bits per heavy atom. The zero-order chi connectivity index (χ0) is 14.4. The van der Waals surface area contributed by atoms with Gasteiger partial charge in [0.1, 0.15) is 6.04 Å². The maximum atomic E-state index is 11.9. The first-order valence-corrected chi connectivity index (χ1v) is 6.72. The van der Waals surface area contributed by atoms with Crippen molar-refractivity contribution in [2.45, 2.75) is 25.9 Å². The number of nitrogens with one attached hydrogen (secondary N) is 1. The van der Waals surface area contributed by atoms with E-state index in [-0.39, 0.29) is 0 Å². The van der Waals surface area contributed by atoms with E-state index in [1.54, 1.807) is 14.0 Å². The molecular weight excluding hydrogens is 312 g/mol. The van der Waals surface area contributed by atoms with Crippen LogP contribution in [-0.2, 0) is 11.3 Å². The van der Waals surface area contributed by atoms with Crippen molar-refractivity contribution in [3.63, 3.8) is 0 Å². The molecule has 2 N–H and O–H groups in total. The van der Waals surface area contributed by atoms with Crippen molar-refractivity contribution in [3.8, 4) is 0 Å². The Morgan fingerprint density at radius 2 is 2.05 bits per heavy atom. The number of hydrogen-bond acceptors (Lipinski definition) is 2. The molecule has 1 aromatic rings. The van der Waals surface area contributed by atoms with Gasteiger partial charge in [0.05, 0.1) is 0 Å². The molecule has 0 bridgehead atoms. The van der Waals surface area contributed by atoms with Crippen molar-refractivity contribution >= 4 is 27.9 Å². The number of rotatable bonds is 5. The molecule has 5 nitrogen and oxygen atoms in total. The van der Waals surface area contributed by atoms with E-state index in [9.17, 15) is 9.59 Å². The number of carbonyl (C=O) groups is 2. The average molecular weight is 329 g/mol. The highest BCUT2D eigenvalue weighted by Crippen LogP contribution is 2.17. The van der Waals surface area contributed by atoms with E-state index in [1.165, 1.54) is 4.90 Å². The fourth-order valence-electron chi connectivity index (χ4n) is 1.55. The number of benzene rings is 1. The van der Waals surface area contributed by atoms with Gasteiger partial charge in [0.15, 0.2) is 0 Å². The molecule has 0 spiro atoms. The Balaban J connectivity index is 2.63. The third-order valence-corrected chi connectivity index (χ3v) is 3.49. The predicted molar refractivity (Wildman–Crippen MR) is 75.9 cm³/mol. The number of carboxylic acid groups (broad SMARTS) is 1. The topological polar surface area (TPSA) is 69.6 Å². The molecule has 0 aliphatic carbocycles. The molecule has 0 aliphatic rings. The fraction of sp³-hybridized carbons (Fsp3) is 0.385. The van der Waals surface area contributed by atoms with Crippen molar-refractivity contribution < 1.29 is 14.7 Å². The molecule has 0 radical (unpaired) electrons. The Labute approximate surface area is 120 Å². The van der Waals surface area contributed by atoms with Gasteiger partial charge in [-0.25, -0.2) is 9.59 Å². The predicted octanol–water partition coefficient (Wildman–Crippen LogP) is 2.45. The van der Waals surface area contributed by atoms with E-state index in [0.29, 0.717) is 13.0 Å². The quantitative estimate of drug-likeness (QED) is 0.872.